The highest BCUT2D eigenvalue weighted by Crippen LogP contribution is 2.41. The van der Waals surface area contributed by atoms with Crippen LogP contribution in [-0.4, -0.2) is 68.0 Å². The lowest BCUT2D eigenvalue weighted by molar-refractivity contribution is -0.207. The van der Waals surface area contributed by atoms with Gasteiger partial charge in [0.1, 0.15) is 12.8 Å². The van der Waals surface area contributed by atoms with Crippen molar-refractivity contribution in [2.45, 2.75) is 51.6 Å². The van der Waals surface area contributed by atoms with E-state index >= 15 is 0 Å². The van der Waals surface area contributed by atoms with E-state index in [0.717, 1.165) is 63.8 Å². The molecule has 1 saturated heterocycles. The Labute approximate surface area is 255 Å². The van der Waals surface area contributed by atoms with E-state index in [1.165, 1.54) is 23.2 Å². The molecule has 1 fully saturated rings. The summed E-state index contributed by atoms with van der Waals surface area (Å²) in [7, 11) is 0. The van der Waals surface area contributed by atoms with Crippen LogP contribution >= 0.6 is 22.9 Å². The lowest BCUT2D eigenvalue weighted by Crippen LogP contribution is -2.56. The maximum absolute atomic E-state index is 13.2. The first-order valence-electron chi connectivity index (χ1n) is 13.9. The molecule has 8 nitrogen and oxygen atoms in total. The van der Waals surface area contributed by atoms with Crippen molar-refractivity contribution in [3.8, 4) is 17.2 Å². The molecule has 226 valence electrons. The van der Waals surface area contributed by atoms with Crippen LogP contribution in [-0.2, 0) is 13.1 Å². The zero-order valence-corrected chi connectivity index (χ0v) is 24.8. The summed E-state index contributed by atoms with van der Waals surface area (Å²) in [5.41, 5.74) is 3.19. The van der Waals surface area contributed by atoms with Crippen molar-refractivity contribution < 1.29 is 23.4 Å². The molecule has 2 aliphatic rings. The van der Waals surface area contributed by atoms with Gasteiger partial charge in [-0.1, -0.05) is 11.6 Å². The molecule has 0 radical (unpaired) electrons. The summed E-state index contributed by atoms with van der Waals surface area (Å²) < 4.78 is 42.4. The smallest absolute Gasteiger partial charge is 0.374 e. The minimum Gasteiger partial charge on any atom is -0.374 e. The van der Waals surface area contributed by atoms with Crippen LogP contribution in [0.15, 0.2) is 54.5 Å². The van der Waals surface area contributed by atoms with Gasteiger partial charge in [0.2, 0.25) is 0 Å². The fraction of sp³-hybridized carbons (Fsp3) is 0.400. The van der Waals surface area contributed by atoms with Gasteiger partial charge in [0.25, 0.3) is 0 Å². The van der Waals surface area contributed by atoms with Crippen LogP contribution in [0.4, 0.5) is 13.2 Å². The summed E-state index contributed by atoms with van der Waals surface area (Å²) in [6.45, 7) is 2.30. The molecule has 6 rings (SSSR count). The Kier molecular flexibility index (Phi) is 7.91. The summed E-state index contributed by atoms with van der Waals surface area (Å²) in [5, 5.41) is 36.5. The summed E-state index contributed by atoms with van der Waals surface area (Å²) in [4.78, 5) is 7.23. The summed E-state index contributed by atoms with van der Waals surface area (Å²) in [6, 6.07) is 12.1. The third kappa shape index (κ3) is 5.85. The normalized spacial score (nSPS) is 21.3. The molecule has 2 unspecified atom stereocenters. The van der Waals surface area contributed by atoms with E-state index in [4.69, 9.17) is 11.6 Å². The van der Waals surface area contributed by atoms with Crippen LogP contribution < -0.4 is 5.32 Å². The van der Waals surface area contributed by atoms with Crippen molar-refractivity contribution in [2.75, 3.05) is 19.6 Å². The lowest BCUT2D eigenvalue weighted by Gasteiger charge is -2.42. The fourth-order valence-electron chi connectivity index (χ4n) is 6.12. The molecule has 2 atom stereocenters. The van der Waals surface area contributed by atoms with Crippen molar-refractivity contribution in [1.29, 1.82) is 5.26 Å². The number of aromatic nitrogens is 2. The number of nitrogens with zero attached hydrogens (tertiary/aromatic N) is 5. The van der Waals surface area contributed by atoms with Crippen molar-refractivity contribution in [2.24, 2.45) is 5.41 Å². The van der Waals surface area contributed by atoms with Gasteiger partial charge in [0.15, 0.2) is 6.35 Å². The van der Waals surface area contributed by atoms with Crippen LogP contribution in [0.25, 0.3) is 32.2 Å². The van der Waals surface area contributed by atoms with Gasteiger partial charge < -0.3 is 25.0 Å². The van der Waals surface area contributed by atoms with Crippen molar-refractivity contribution in [3.05, 3.63) is 64.4 Å². The lowest BCUT2D eigenvalue weighted by atomic mass is 9.80. The minimum absolute atomic E-state index is 0.00238. The van der Waals surface area contributed by atoms with Crippen LogP contribution in [0.3, 0.4) is 0 Å². The number of hydrogen-bond donors (Lipinski definition) is 3. The van der Waals surface area contributed by atoms with Gasteiger partial charge in [-0.05, 0) is 68.8 Å². The molecule has 3 aromatic heterocycles. The number of thiophene rings is 1. The number of pyridine rings is 1. The highest BCUT2D eigenvalue weighted by atomic mass is 35.5. The SMILES string of the molecule is CC1=CN(CC(F)(F)F)C(O)N(Cc2cc3nccc(-c4cc(Cl)cc5ccn(CC6(C#N)CCNCC6)c45)c3s2)C1O. The molecule has 4 aromatic rings. The van der Waals surface area contributed by atoms with Crippen LogP contribution in [0.5, 0.6) is 0 Å². The van der Waals surface area contributed by atoms with Crippen LogP contribution in [0.1, 0.15) is 24.6 Å². The molecule has 0 amide bonds. The second-order valence-electron chi connectivity index (χ2n) is 11.3. The molecule has 0 bridgehead atoms. The topological polar surface area (TPSA) is 101 Å². The Hall–Kier alpha value is -3.18. The van der Waals surface area contributed by atoms with Gasteiger partial charge in [-0.15, -0.1) is 11.3 Å². The third-order valence-electron chi connectivity index (χ3n) is 8.23. The number of nitriles is 1. The molecule has 13 heteroatoms. The molecule has 0 spiro atoms. The van der Waals surface area contributed by atoms with E-state index in [1.54, 1.807) is 6.20 Å². The summed E-state index contributed by atoms with van der Waals surface area (Å²) >= 11 is 7.98. The van der Waals surface area contributed by atoms with Gasteiger partial charge >= 0.3 is 6.18 Å². The molecular weight excluding hydrogens is 601 g/mol. The first-order valence-corrected chi connectivity index (χ1v) is 15.1. The van der Waals surface area contributed by atoms with E-state index in [-0.39, 0.29) is 6.54 Å². The first-order chi connectivity index (χ1) is 20.5. The number of alkyl halides is 3. The zero-order chi connectivity index (χ0) is 30.5. The largest absolute Gasteiger partial charge is 0.406 e. The second kappa shape index (κ2) is 11.4. The van der Waals surface area contributed by atoms with E-state index in [0.29, 0.717) is 27.5 Å². The highest BCUT2D eigenvalue weighted by molar-refractivity contribution is 7.19. The molecular formula is C30H30ClF3N6O2S. The molecule has 0 saturated carbocycles. The number of aliphatic hydroxyl groups is 2. The molecule has 5 heterocycles. The first kappa shape index (κ1) is 29.9. The number of hydrogen-bond acceptors (Lipinski definition) is 8. The van der Waals surface area contributed by atoms with E-state index in [2.05, 4.69) is 20.9 Å². The predicted molar refractivity (Wildman–Crippen MR) is 160 cm³/mol. The predicted octanol–water partition coefficient (Wildman–Crippen LogP) is 5.64. The van der Waals surface area contributed by atoms with Crippen LogP contribution in [0, 0.1) is 16.7 Å². The number of halogens is 4. The maximum atomic E-state index is 13.2. The van der Waals surface area contributed by atoms with Crippen molar-refractivity contribution in [3.63, 3.8) is 0 Å². The Balaban J connectivity index is 1.38. The Bertz CT molecular complexity index is 1740. The molecule has 2 aliphatic heterocycles. The quantitative estimate of drug-likeness (QED) is 0.253. The second-order valence-corrected chi connectivity index (χ2v) is 12.9. The van der Waals surface area contributed by atoms with Gasteiger partial charge in [0, 0.05) is 58.1 Å². The van der Waals surface area contributed by atoms with Gasteiger partial charge in [-0.2, -0.15) is 18.4 Å². The van der Waals surface area contributed by atoms with Crippen molar-refractivity contribution >= 4 is 44.1 Å². The standard InChI is InChI=1S/C30H30ClF3N6O2S/c1-18-13-39(17-30(32,33)34)28(42)40(27(18)41)14-21-12-24-26(43-21)22(2-6-37-24)23-11-20(31)10-19-3-9-38(25(19)23)16-29(15-35)4-7-36-8-5-29/h2-3,6,9-13,27-28,36,41-42H,4-5,7-8,14,16-17H2,1H3. The fourth-order valence-corrected chi connectivity index (χ4v) is 7.50. The van der Waals surface area contributed by atoms with E-state index in [9.17, 15) is 28.6 Å². The van der Waals surface area contributed by atoms with Gasteiger partial charge in [-0.25, -0.2) is 4.90 Å². The van der Waals surface area contributed by atoms with Gasteiger partial charge in [-0.3, -0.25) is 4.98 Å². The van der Waals surface area contributed by atoms with E-state index < -0.39 is 30.7 Å². The summed E-state index contributed by atoms with van der Waals surface area (Å²) in [6.07, 6.45) is -1.11. The molecule has 3 N–H and O–H groups in total. The number of benzene rings is 1. The van der Waals surface area contributed by atoms with Gasteiger partial charge in [0.05, 0.1) is 27.2 Å². The average Bonchev–Trinajstić information content (AvgIpc) is 3.56. The van der Waals surface area contributed by atoms with E-state index in [1.807, 2.05) is 36.5 Å². The minimum atomic E-state index is -4.52. The Morgan fingerprint density at radius 1 is 1.19 bits per heavy atom. The molecule has 0 aliphatic carbocycles. The monoisotopic (exact) mass is 630 g/mol. The van der Waals surface area contributed by atoms with Crippen molar-refractivity contribution in [1.82, 2.24) is 24.7 Å². The Morgan fingerprint density at radius 3 is 2.67 bits per heavy atom. The third-order valence-corrected chi connectivity index (χ3v) is 9.59. The number of rotatable bonds is 6. The number of piperidine rings is 1. The van der Waals surface area contributed by atoms with Crippen LogP contribution in [0.2, 0.25) is 5.02 Å². The Morgan fingerprint density at radius 2 is 1.95 bits per heavy atom. The summed E-state index contributed by atoms with van der Waals surface area (Å²) in [5.74, 6) is 0. The number of fused-ring (bicyclic) bond motifs is 2. The zero-order valence-electron chi connectivity index (χ0n) is 23.3. The maximum Gasteiger partial charge on any atom is 0.406 e. The number of aliphatic hydroxyl groups excluding tert-OH is 2. The highest BCUT2D eigenvalue weighted by Gasteiger charge is 2.39. The average molecular weight is 631 g/mol. The molecule has 43 heavy (non-hydrogen) atoms. The molecule has 1 aromatic carbocycles. The number of nitrogens with one attached hydrogen (secondary N) is 1.